The van der Waals surface area contributed by atoms with Gasteiger partial charge in [-0.1, -0.05) is 22.0 Å². The zero-order chi connectivity index (χ0) is 15.8. The van der Waals surface area contributed by atoms with Crippen LogP contribution in [0.2, 0.25) is 0 Å². The molecule has 0 heterocycles. The van der Waals surface area contributed by atoms with Crippen LogP contribution in [0.4, 0.5) is 5.69 Å². The van der Waals surface area contributed by atoms with E-state index < -0.39 is 10.0 Å². The molecule has 3 nitrogen and oxygen atoms in total. The minimum atomic E-state index is -3.58. The van der Waals surface area contributed by atoms with Crippen molar-refractivity contribution in [1.29, 1.82) is 0 Å². The Kier molecular flexibility index (Phi) is 4.44. The van der Waals surface area contributed by atoms with Crippen molar-refractivity contribution in [3.63, 3.8) is 0 Å². The number of hydrogen-bond acceptors (Lipinski definition) is 2. The zero-order valence-electron chi connectivity index (χ0n) is 12.5. The van der Waals surface area contributed by atoms with Crippen LogP contribution in [0.3, 0.4) is 0 Å². The van der Waals surface area contributed by atoms with Gasteiger partial charge in [-0.05, 0) is 74.2 Å². The average molecular weight is 368 g/mol. The highest BCUT2D eigenvalue weighted by Gasteiger charge is 2.17. The Hall–Kier alpha value is -1.33. The number of sulfonamides is 1. The molecule has 5 heteroatoms. The van der Waals surface area contributed by atoms with Crippen molar-refractivity contribution in [1.82, 2.24) is 0 Å². The molecule has 0 amide bonds. The number of rotatable bonds is 3. The Bertz CT molecular complexity index is 775. The maximum atomic E-state index is 12.5. The summed E-state index contributed by atoms with van der Waals surface area (Å²) in [5, 5.41) is 0. The minimum Gasteiger partial charge on any atom is -0.279 e. The van der Waals surface area contributed by atoms with E-state index in [1.54, 1.807) is 12.1 Å². The van der Waals surface area contributed by atoms with Crippen molar-refractivity contribution < 1.29 is 8.42 Å². The van der Waals surface area contributed by atoms with Crippen molar-refractivity contribution >= 4 is 31.6 Å². The molecule has 0 aliphatic carbocycles. The molecule has 0 aliphatic heterocycles. The lowest BCUT2D eigenvalue weighted by Crippen LogP contribution is -2.15. The lowest BCUT2D eigenvalue weighted by molar-refractivity contribution is 0.601. The smallest absolute Gasteiger partial charge is 0.261 e. The maximum Gasteiger partial charge on any atom is 0.261 e. The van der Waals surface area contributed by atoms with Gasteiger partial charge in [0.1, 0.15) is 0 Å². The van der Waals surface area contributed by atoms with E-state index in [4.69, 9.17) is 0 Å². The van der Waals surface area contributed by atoms with E-state index in [0.717, 1.165) is 26.7 Å². The molecule has 21 heavy (non-hydrogen) atoms. The van der Waals surface area contributed by atoms with Crippen LogP contribution >= 0.6 is 15.9 Å². The van der Waals surface area contributed by atoms with E-state index in [1.807, 2.05) is 45.9 Å². The van der Waals surface area contributed by atoms with Crippen LogP contribution in [0.25, 0.3) is 0 Å². The normalized spacial score (nSPS) is 11.5. The Morgan fingerprint density at radius 2 is 1.43 bits per heavy atom. The summed E-state index contributed by atoms with van der Waals surface area (Å²) in [6.45, 7) is 7.64. The van der Waals surface area contributed by atoms with Gasteiger partial charge in [0.2, 0.25) is 0 Å². The third kappa shape index (κ3) is 3.47. The fourth-order valence-corrected chi connectivity index (χ4v) is 4.12. The van der Waals surface area contributed by atoms with Crippen LogP contribution in [-0.4, -0.2) is 8.42 Å². The standard InChI is InChI=1S/C16H18BrNO2S/c1-10-5-6-15(9-11(10)2)21(19,20)18-16-12(3)7-14(17)8-13(16)4/h5-9,18H,1-4H3. The molecule has 0 saturated heterocycles. The Morgan fingerprint density at radius 1 is 0.857 bits per heavy atom. The van der Waals surface area contributed by atoms with E-state index in [9.17, 15) is 8.42 Å². The summed E-state index contributed by atoms with van der Waals surface area (Å²) < 4.78 is 28.7. The highest BCUT2D eigenvalue weighted by molar-refractivity contribution is 9.10. The summed E-state index contributed by atoms with van der Waals surface area (Å²) in [5.41, 5.74) is 4.44. The summed E-state index contributed by atoms with van der Waals surface area (Å²) in [4.78, 5) is 0.285. The quantitative estimate of drug-likeness (QED) is 0.868. The fourth-order valence-electron chi connectivity index (χ4n) is 2.15. The number of hydrogen-bond donors (Lipinski definition) is 1. The van der Waals surface area contributed by atoms with Gasteiger partial charge >= 0.3 is 0 Å². The first kappa shape index (κ1) is 16.0. The molecule has 1 N–H and O–H groups in total. The lowest BCUT2D eigenvalue weighted by atomic mass is 10.1. The monoisotopic (exact) mass is 367 g/mol. The second-order valence-corrected chi connectivity index (χ2v) is 7.86. The molecule has 0 radical (unpaired) electrons. The number of aryl methyl sites for hydroxylation is 4. The number of halogens is 1. The summed E-state index contributed by atoms with van der Waals surface area (Å²) in [6.07, 6.45) is 0. The molecule has 0 unspecified atom stereocenters. The molecule has 0 fully saturated rings. The molecule has 0 spiro atoms. The highest BCUT2D eigenvalue weighted by Crippen LogP contribution is 2.27. The number of nitrogens with one attached hydrogen (secondary N) is 1. The van der Waals surface area contributed by atoms with E-state index in [-0.39, 0.29) is 4.90 Å². The molecule has 0 atom stereocenters. The van der Waals surface area contributed by atoms with Crippen molar-refractivity contribution in [2.75, 3.05) is 4.72 Å². The summed E-state index contributed by atoms with van der Waals surface area (Å²) >= 11 is 3.41. The Morgan fingerprint density at radius 3 is 1.95 bits per heavy atom. The second kappa shape index (κ2) is 5.81. The SMILES string of the molecule is Cc1ccc(S(=O)(=O)Nc2c(C)cc(Br)cc2C)cc1C. The molecule has 2 aromatic carbocycles. The highest BCUT2D eigenvalue weighted by atomic mass is 79.9. The molecule has 2 aromatic rings. The first-order valence-corrected chi connectivity index (χ1v) is 8.85. The minimum absolute atomic E-state index is 0.285. The van der Waals surface area contributed by atoms with Gasteiger partial charge in [0.15, 0.2) is 0 Å². The summed E-state index contributed by atoms with van der Waals surface area (Å²) in [7, 11) is -3.58. The van der Waals surface area contributed by atoms with Gasteiger partial charge in [-0.15, -0.1) is 0 Å². The third-order valence-electron chi connectivity index (χ3n) is 3.52. The molecule has 0 aliphatic rings. The second-order valence-electron chi connectivity index (χ2n) is 5.27. The van der Waals surface area contributed by atoms with Gasteiger partial charge in [0, 0.05) is 4.47 Å². The van der Waals surface area contributed by atoms with E-state index in [1.165, 1.54) is 0 Å². The molecule has 0 aromatic heterocycles. The largest absolute Gasteiger partial charge is 0.279 e. The van der Waals surface area contributed by atoms with Gasteiger partial charge in [0.25, 0.3) is 10.0 Å². The van der Waals surface area contributed by atoms with Crippen LogP contribution in [0, 0.1) is 27.7 Å². The molecule has 0 saturated carbocycles. The van der Waals surface area contributed by atoms with Crippen molar-refractivity contribution in [2.45, 2.75) is 32.6 Å². The predicted octanol–water partition coefficient (Wildman–Crippen LogP) is 4.48. The van der Waals surface area contributed by atoms with Crippen LogP contribution in [0.1, 0.15) is 22.3 Å². The van der Waals surface area contributed by atoms with Gasteiger partial charge < -0.3 is 0 Å². The van der Waals surface area contributed by atoms with E-state index in [2.05, 4.69) is 20.7 Å². The fraction of sp³-hybridized carbons (Fsp3) is 0.250. The number of benzene rings is 2. The molecule has 2 rings (SSSR count). The first-order valence-electron chi connectivity index (χ1n) is 6.57. The van der Waals surface area contributed by atoms with E-state index >= 15 is 0 Å². The van der Waals surface area contributed by atoms with Crippen LogP contribution in [-0.2, 0) is 10.0 Å². The Balaban J connectivity index is 2.44. The van der Waals surface area contributed by atoms with Crippen molar-refractivity contribution in [3.05, 3.63) is 57.1 Å². The van der Waals surface area contributed by atoms with Crippen LogP contribution in [0.15, 0.2) is 39.7 Å². The Labute approximate surface area is 134 Å². The average Bonchev–Trinajstić information content (AvgIpc) is 2.37. The third-order valence-corrected chi connectivity index (χ3v) is 5.33. The van der Waals surface area contributed by atoms with Gasteiger partial charge in [-0.25, -0.2) is 8.42 Å². The molecular weight excluding hydrogens is 350 g/mol. The number of anilines is 1. The summed E-state index contributed by atoms with van der Waals surface area (Å²) in [5.74, 6) is 0. The molecule has 112 valence electrons. The van der Waals surface area contributed by atoms with E-state index in [0.29, 0.717) is 5.69 Å². The van der Waals surface area contributed by atoms with Crippen LogP contribution < -0.4 is 4.72 Å². The van der Waals surface area contributed by atoms with Crippen LogP contribution in [0.5, 0.6) is 0 Å². The first-order chi connectivity index (χ1) is 9.70. The summed E-state index contributed by atoms with van der Waals surface area (Å²) in [6, 6.07) is 8.94. The van der Waals surface area contributed by atoms with Crippen molar-refractivity contribution in [2.24, 2.45) is 0 Å². The molecule has 0 bridgehead atoms. The zero-order valence-corrected chi connectivity index (χ0v) is 14.9. The lowest BCUT2D eigenvalue weighted by Gasteiger charge is -2.14. The van der Waals surface area contributed by atoms with Gasteiger partial charge in [-0.2, -0.15) is 0 Å². The van der Waals surface area contributed by atoms with Crippen molar-refractivity contribution in [3.8, 4) is 0 Å². The topological polar surface area (TPSA) is 46.2 Å². The van der Waals surface area contributed by atoms with Gasteiger partial charge in [0.05, 0.1) is 10.6 Å². The molecular formula is C16H18BrNO2S. The van der Waals surface area contributed by atoms with Gasteiger partial charge in [-0.3, -0.25) is 4.72 Å². The maximum absolute atomic E-state index is 12.5. The predicted molar refractivity (Wildman–Crippen MR) is 90.3 cm³/mol.